The average Bonchev–Trinajstić information content (AvgIpc) is 2.98. The second kappa shape index (κ2) is 16.0. The van der Waals surface area contributed by atoms with Gasteiger partial charge in [-0.25, -0.2) is 0 Å². The van der Waals surface area contributed by atoms with E-state index in [1.54, 1.807) is 6.92 Å². The average molecular weight is 405 g/mol. The molecule has 0 aromatic carbocycles. The van der Waals surface area contributed by atoms with E-state index < -0.39 is 6.10 Å². The minimum atomic E-state index is -0.492. The summed E-state index contributed by atoms with van der Waals surface area (Å²) in [4.78, 5) is 24.0. The summed E-state index contributed by atoms with van der Waals surface area (Å²) in [6, 6.07) is 0. The number of rotatable bonds is 16. The van der Waals surface area contributed by atoms with Gasteiger partial charge in [0, 0.05) is 6.42 Å². The van der Waals surface area contributed by atoms with Crippen molar-refractivity contribution >= 4 is 11.8 Å². The van der Waals surface area contributed by atoms with Gasteiger partial charge in [-0.05, 0) is 51.9 Å². The molecule has 1 rings (SSSR count). The molecule has 0 spiro atoms. The first-order valence-corrected chi connectivity index (χ1v) is 11.5. The Morgan fingerprint density at radius 3 is 2.17 bits per heavy atom. The fraction of sp³-hybridized carbons (Fsp3) is 0.680. The summed E-state index contributed by atoms with van der Waals surface area (Å²) >= 11 is 0. The molecule has 4 heteroatoms. The molecule has 0 radical (unpaired) electrons. The molecule has 0 aromatic heterocycles. The van der Waals surface area contributed by atoms with Gasteiger partial charge in [0.05, 0.1) is 0 Å². The first-order chi connectivity index (χ1) is 14.1. The first kappa shape index (κ1) is 25.2. The van der Waals surface area contributed by atoms with Gasteiger partial charge >= 0.3 is 5.97 Å². The van der Waals surface area contributed by atoms with Crippen LogP contribution >= 0.6 is 0 Å². The van der Waals surface area contributed by atoms with E-state index in [0.29, 0.717) is 18.6 Å². The van der Waals surface area contributed by atoms with Crippen LogP contribution < -0.4 is 0 Å². The summed E-state index contributed by atoms with van der Waals surface area (Å²) in [6.45, 7) is 5.79. The fourth-order valence-corrected chi connectivity index (χ4v) is 3.28. The van der Waals surface area contributed by atoms with Crippen molar-refractivity contribution in [1.29, 1.82) is 0 Å². The Labute approximate surface area is 177 Å². The predicted octanol–water partition coefficient (Wildman–Crippen LogP) is 6.95. The van der Waals surface area contributed by atoms with Gasteiger partial charge in [0.2, 0.25) is 11.5 Å². The highest BCUT2D eigenvalue weighted by atomic mass is 16.6. The van der Waals surface area contributed by atoms with Gasteiger partial charge in [-0.3, -0.25) is 9.59 Å². The lowest BCUT2D eigenvalue weighted by atomic mass is 10.1. The number of unbranched alkanes of at least 4 members (excludes halogenated alkanes) is 8. The molecule has 1 unspecified atom stereocenters. The molecule has 0 saturated heterocycles. The molecule has 0 amide bonds. The normalized spacial score (nSPS) is 16.9. The van der Waals surface area contributed by atoms with E-state index >= 15 is 0 Å². The lowest BCUT2D eigenvalue weighted by Crippen LogP contribution is -2.19. The van der Waals surface area contributed by atoms with Crippen LogP contribution in [-0.4, -0.2) is 17.9 Å². The van der Waals surface area contributed by atoms with Gasteiger partial charge < -0.3 is 9.47 Å². The van der Waals surface area contributed by atoms with Crippen LogP contribution in [0.25, 0.3) is 0 Å². The summed E-state index contributed by atoms with van der Waals surface area (Å²) in [6.07, 6.45) is 22.1. The van der Waals surface area contributed by atoms with Crippen molar-refractivity contribution in [2.24, 2.45) is 0 Å². The van der Waals surface area contributed by atoms with Crippen LogP contribution in [0.2, 0.25) is 0 Å². The second-order valence-electron chi connectivity index (χ2n) is 7.72. The number of allylic oxidation sites excluding steroid dienone is 5. The van der Waals surface area contributed by atoms with Gasteiger partial charge in [0.25, 0.3) is 0 Å². The number of ketones is 1. The third-order valence-corrected chi connectivity index (χ3v) is 5.07. The number of carbonyl (C=O) groups excluding carboxylic acids is 2. The Morgan fingerprint density at radius 1 is 0.931 bits per heavy atom. The molecular weight excluding hydrogens is 364 g/mol. The smallest absolute Gasteiger partial charge is 0.311 e. The van der Waals surface area contributed by atoms with Crippen molar-refractivity contribution in [3.63, 3.8) is 0 Å². The molecular formula is C25H40O4. The van der Waals surface area contributed by atoms with E-state index in [-0.39, 0.29) is 17.5 Å². The molecule has 29 heavy (non-hydrogen) atoms. The zero-order chi connectivity index (χ0) is 21.3. The number of Topliss-reactive ketones (excluding diaryl/α,β-unsaturated/α-hetero) is 1. The minimum Gasteiger partial charge on any atom is -0.483 e. The Kier molecular flexibility index (Phi) is 13.9. The van der Waals surface area contributed by atoms with E-state index in [9.17, 15) is 9.59 Å². The number of ether oxygens (including phenoxy) is 2. The van der Waals surface area contributed by atoms with E-state index in [1.807, 2.05) is 6.92 Å². The third kappa shape index (κ3) is 11.1. The van der Waals surface area contributed by atoms with Gasteiger partial charge in [-0.1, -0.05) is 70.3 Å². The first-order valence-electron chi connectivity index (χ1n) is 11.5. The maximum atomic E-state index is 12.0. The standard InChI is InChI=1S/C25H40O4/c1-4-6-7-8-9-10-11-12-13-14-15-16-17-18-19-20-23(26)29-25-21(3)28-22(5-2)24(25)27/h9-10,12-13,22H,4-8,11,14-20H2,1-3H3/b10-9-,13-12-. The van der Waals surface area contributed by atoms with Crippen molar-refractivity contribution in [2.75, 3.05) is 0 Å². The maximum Gasteiger partial charge on any atom is 0.311 e. The van der Waals surface area contributed by atoms with Gasteiger partial charge in [0.15, 0.2) is 6.10 Å². The quantitative estimate of drug-likeness (QED) is 0.159. The van der Waals surface area contributed by atoms with Crippen molar-refractivity contribution in [1.82, 2.24) is 0 Å². The van der Waals surface area contributed by atoms with Crippen molar-refractivity contribution < 1.29 is 19.1 Å². The van der Waals surface area contributed by atoms with Crippen LogP contribution in [0.3, 0.4) is 0 Å². The van der Waals surface area contributed by atoms with Crippen LogP contribution in [0.1, 0.15) is 104 Å². The molecule has 4 nitrogen and oxygen atoms in total. The number of hydrogen-bond donors (Lipinski definition) is 0. The molecule has 164 valence electrons. The molecule has 1 aliphatic heterocycles. The molecule has 1 aliphatic rings. The summed E-state index contributed by atoms with van der Waals surface area (Å²) < 4.78 is 10.6. The molecule has 0 aromatic rings. The van der Waals surface area contributed by atoms with Crippen molar-refractivity contribution in [3.8, 4) is 0 Å². The minimum absolute atomic E-state index is 0.101. The van der Waals surface area contributed by atoms with Crippen molar-refractivity contribution in [2.45, 2.75) is 110 Å². The molecule has 0 saturated carbocycles. The summed E-state index contributed by atoms with van der Waals surface area (Å²) in [7, 11) is 0. The zero-order valence-corrected chi connectivity index (χ0v) is 18.7. The predicted molar refractivity (Wildman–Crippen MR) is 118 cm³/mol. The molecule has 0 aliphatic carbocycles. The van der Waals surface area contributed by atoms with Crippen LogP contribution in [0, 0.1) is 0 Å². The Balaban J connectivity index is 1.98. The molecule has 0 bridgehead atoms. The third-order valence-electron chi connectivity index (χ3n) is 5.07. The van der Waals surface area contributed by atoms with Crippen LogP contribution in [0.5, 0.6) is 0 Å². The topological polar surface area (TPSA) is 52.6 Å². The largest absolute Gasteiger partial charge is 0.483 e. The SMILES string of the molecule is CCCCC/C=C\C/C=C\CCCCCCCC(=O)OC1=C(C)OC(CC)C1=O. The summed E-state index contributed by atoms with van der Waals surface area (Å²) in [5.74, 6) is -0.0168. The zero-order valence-electron chi connectivity index (χ0n) is 18.7. The van der Waals surface area contributed by atoms with E-state index in [4.69, 9.17) is 9.47 Å². The lowest BCUT2D eigenvalue weighted by molar-refractivity contribution is -0.142. The van der Waals surface area contributed by atoms with Crippen LogP contribution in [0.4, 0.5) is 0 Å². The molecule has 1 heterocycles. The Hall–Kier alpha value is -1.84. The van der Waals surface area contributed by atoms with Crippen LogP contribution in [-0.2, 0) is 19.1 Å². The highest BCUT2D eigenvalue weighted by Crippen LogP contribution is 2.24. The number of hydrogen-bond acceptors (Lipinski definition) is 4. The summed E-state index contributed by atoms with van der Waals surface area (Å²) in [5.41, 5.74) is 0. The molecule has 0 N–H and O–H groups in total. The highest BCUT2D eigenvalue weighted by molar-refractivity contribution is 6.01. The van der Waals surface area contributed by atoms with E-state index in [2.05, 4.69) is 31.2 Å². The van der Waals surface area contributed by atoms with E-state index in [1.165, 1.54) is 38.5 Å². The lowest BCUT2D eigenvalue weighted by Gasteiger charge is -2.05. The van der Waals surface area contributed by atoms with Gasteiger partial charge in [-0.15, -0.1) is 0 Å². The fourth-order valence-electron chi connectivity index (χ4n) is 3.28. The van der Waals surface area contributed by atoms with Crippen LogP contribution in [0.15, 0.2) is 35.8 Å². The van der Waals surface area contributed by atoms with Gasteiger partial charge in [0.1, 0.15) is 5.76 Å². The monoisotopic (exact) mass is 404 g/mol. The number of carbonyl (C=O) groups is 2. The Bertz CT molecular complexity index is 571. The summed E-state index contributed by atoms with van der Waals surface area (Å²) in [5, 5.41) is 0. The number of esters is 1. The molecule has 1 atom stereocenters. The Morgan fingerprint density at radius 2 is 1.55 bits per heavy atom. The van der Waals surface area contributed by atoms with Gasteiger partial charge in [-0.2, -0.15) is 0 Å². The van der Waals surface area contributed by atoms with E-state index in [0.717, 1.165) is 32.1 Å². The second-order valence-corrected chi connectivity index (χ2v) is 7.72. The van der Waals surface area contributed by atoms with Crippen molar-refractivity contribution in [3.05, 3.63) is 35.8 Å². The highest BCUT2D eigenvalue weighted by Gasteiger charge is 2.34. The molecule has 0 fully saturated rings. The maximum absolute atomic E-state index is 12.0.